The third-order valence-electron chi connectivity index (χ3n) is 4.70. The number of nitrogens with zero attached hydrogens (tertiary/aromatic N) is 2. The average molecular weight is 387 g/mol. The number of ether oxygens (including phenoxy) is 1. The highest BCUT2D eigenvalue weighted by Crippen LogP contribution is 2.16. The smallest absolute Gasteiger partial charge is 0.269 e. The quantitative estimate of drug-likeness (QED) is 0.462. The molecule has 1 aliphatic rings. The molecule has 1 saturated heterocycles. The van der Waals surface area contributed by atoms with Crippen LogP contribution in [0, 0.1) is 10.1 Å². The van der Waals surface area contributed by atoms with Crippen LogP contribution in [-0.4, -0.2) is 48.2 Å². The average Bonchev–Trinajstić information content (AvgIpc) is 2.69. The summed E-state index contributed by atoms with van der Waals surface area (Å²) in [5.41, 5.74) is 2.13. The van der Waals surface area contributed by atoms with Gasteiger partial charge in [0, 0.05) is 23.4 Å². The number of thiocarbonyl (C=S) groups is 1. The van der Waals surface area contributed by atoms with Crippen molar-refractivity contribution in [2.75, 3.05) is 38.6 Å². The molecule has 0 aliphatic carbocycles. The molecule has 2 N–H and O–H groups in total. The molecule has 0 amide bonds. The van der Waals surface area contributed by atoms with Crippen molar-refractivity contribution in [2.45, 2.75) is 6.54 Å². The normalized spacial score (nSPS) is 14.6. The number of nitro benzene ring substituents is 1. The third-order valence-corrected chi connectivity index (χ3v) is 5.06. The van der Waals surface area contributed by atoms with Gasteiger partial charge in [0.1, 0.15) is 12.3 Å². The van der Waals surface area contributed by atoms with Crippen LogP contribution in [0.15, 0.2) is 48.5 Å². The lowest BCUT2D eigenvalue weighted by Crippen LogP contribution is -3.13. The topological polar surface area (TPSA) is 72.1 Å². The van der Waals surface area contributed by atoms with E-state index in [1.807, 2.05) is 12.1 Å². The summed E-state index contributed by atoms with van der Waals surface area (Å²) < 4.78 is 5.20. The zero-order chi connectivity index (χ0) is 19.2. The van der Waals surface area contributed by atoms with Gasteiger partial charge in [0.15, 0.2) is 5.11 Å². The predicted molar refractivity (Wildman–Crippen MR) is 108 cm³/mol. The number of nitrogens with one attached hydrogen (secondary N) is 2. The van der Waals surface area contributed by atoms with Crippen molar-refractivity contribution in [2.24, 2.45) is 0 Å². The molecule has 7 nitrogen and oxygen atoms in total. The first-order valence-electron chi connectivity index (χ1n) is 8.82. The molecule has 0 spiro atoms. The van der Waals surface area contributed by atoms with E-state index in [1.54, 1.807) is 19.2 Å². The van der Waals surface area contributed by atoms with Gasteiger partial charge in [-0.05, 0) is 48.6 Å². The second-order valence-corrected chi connectivity index (χ2v) is 6.88. The Hall–Kier alpha value is -2.71. The van der Waals surface area contributed by atoms with Gasteiger partial charge in [-0.15, -0.1) is 0 Å². The molecule has 1 aliphatic heterocycles. The van der Waals surface area contributed by atoms with Crippen LogP contribution in [0.5, 0.6) is 5.75 Å². The molecular weight excluding hydrogens is 364 g/mol. The molecule has 1 heterocycles. The molecule has 0 radical (unpaired) electrons. The van der Waals surface area contributed by atoms with Crippen LogP contribution in [0.25, 0.3) is 0 Å². The van der Waals surface area contributed by atoms with Gasteiger partial charge in [-0.1, -0.05) is 0 Å². The number of non-ortho nitro benzene ring substituents is 1. The van der Waals surface area contributed by atoms with E-state index in [1.165, 1.54) is 22.6 Å². The number of methoxy groups -OCH3 is 1. The summed E-state index contributed by atoms with van der Waals surface area (Å²) in [5.74, 6) is 0.876. The summed E-state index contributed by atoms with van der Waals surface area (Å²) in [6.45, 7) is 4.76. The Balaban J connectivity index is 1.47. The first-order valence-corrected chi connectivity index (χ1v) is 9.23. The lowest BCUT2D eigenvalue weighted by Gasteiger charge is -2.34. The molecule has 8 heteroatoms. The van der Waals surface area contributed by atoms with Gasteiger partial charge >= 0.3 is 0 Å². The van der Waals surface area contributed by atoms with Crippen LogP contribution in [0.1, 0.15) is 5.56 Å². The lowest BCUT2D eigenvalue weighted by atomic mass is 10.2. The number of hydrogen-bond acceptors (Lipinski definition) is 4. The van der Waals surface area contributed by atoms with E-state index in [0.717, 1.165) is 44.2 Å². The van der Waals surface area contributed by atoms with E-state index in [4.69, 9.17) is 17.0 Å². The summed E-state index contributed by atoms with van der Waals surface area (Å²) in [6.07, 6.45) is 0. The van der Waals surface area contributed by atoms with Crippen LogP contribution in [0.4, 0.5) is 11.4 Å². The molecular formula is C19H23N4O3S+. The van der Waals surface area contributed by atoms with Crippen molar-refractivity contribution in [3.8, 4) is 5.75 Å². The van der Waals surface area contributed by atoms with Gasteiger partial charge in [-0.2, -0.15) is 0 Å². The highest BCUT2D eigenvalue weighted by atomic mass is 32.1. The molecule has 0 saturated carbocycles. The van der Waals surface area contributed by atoms with Crippen molar-refractivity contribution >= 4 is 28.7 Å². The van der Waals surface area contributed by atoms with Gasteiger partial charge in [0.25, 0.3) is 5.69 Å². The largest absolute Gasteiger partial charge is 0.497 e. The Kier molecular flexibility index (Phi) is 6.20. The predicted octanol–water partition coefficient (Wildman–Crippen LogP) is 1.70. The first kappa shape index (κ1) is 19.1. The van der Waals surface area contributed by atoms with E-state index in [2.05, 4.69) is 22.3 Å². The zero-order valence-corrected chi connectivity index (χ0v) is 16.0. The lowest BCUT2D eigenvalue weighted by molar-refractivity contribution is -0.917. The second-order valence-electron chi connectivity index (χ2n) is 6.50. The maximum absolute atomic E-state index is 10.7. The number of hydrogen-bond donors (Lipinski definition) is 2. The zero-order valence-electron chi connectivity index (χ0n) is 15.2. The SMILES string of the molecule is COc1ccc(C[NH+]2CCN(C(=S)Nc3ccc([N+](=O)[O-])cc3)CC2)cc1. The second kappa shape index (κ2) is 8.79. The van der Waals surface area contributed by atoms with E-state index in [9.17, 15) is 10.1 Å². The molecule has 27 heavy (non-hydrogen) atoms. The Labute approximate surface area is 163 Å². The van der Waals surface area contributed by atoms with Crippen LogP contribution in [0.2, 0.25) is 0 Å². The van der Waals surface area contributed by atoms with Crippen molar-refractivity contribution in [1.82, 2.24) is 4.90 Å². The van der Waals surface area contributed by atoms with Crippen molar-refractivity contribution < 1.29 is 14.6 Å². The molecule has 2 aromatic rings. The van der Waals surface area contributed by atoms with Crippen LogP contribution in [0.3, 0.4) is 0 Å². The Morgan fingerprint density at radius 1 is 1.19 bits per heavy atom. The number of rotatable bonds is 5. The molecule has 0 aromatic heterocycles. The van der Waals surface area contributed by atoms with Crippen molar-refractivity contribution in [3.63, 3.8) is 0 Å². The number of nitro groups is 1. The van der Waals surface area contributed by atoms with E-state index < -0.39 is 4.92 Å². The van der Waals surface area contributed by atoms with Gasteiger partial charge in [0.05, 0.1) is 38.2 Å². The molecule has 0 unspecified atom stereocenters. The van der Waals surface area contributed by atoms with Crippen molar-refractivity contribution in [3.05, 3.63) is 64.2 Å². The molecule has 1 fully saturated rings. The maximum atomic E-state index is 10.7. The third kappa shape index (κ3) is 5.15. The van der Waals surface area contributed by atoms with Crippen LogP contribution in [-0.2, 0) is 6.54 Å². The van der Waals surface area contributed by atoms with E-state index >= 15 is 0 Å². The molecule has 3 rings (SSSR count). The Morgan fingerprint density at radius 3 is 2.37 bits per heavy atom. The van der Waals surface area contributed by atoms with E-state index in [-0.39, 0.29) is 5.69 Å². The minimum absolute atomic E-state index is 0.0715. The number of benzene rings is 2. The van der Waals surface area contributed by atoms with Crippen LogP contribution >= 0.6 is 12.2 Å². The molecule has 0 bridgehead atoms. The number of piperazine rings is 1. The fourth-order valence-electron chi connectivity index (χ4n) is 3.10. The highest BCUT2D eigenvalue weighted by molar-refractivity contribution is 7.80. The molecule has 2 aromatic carbocycles. The summed E-state index contributed by atoms with van der Waals surface area (Å²) >= 11 is 5.49. The van der Waals surface area contributed by atoms with Gasteiger partial charge in [-0.3, -0.25) is 10.1 Å². The summed E-state index contributed by atoms with van der Waals surface area (Å²) in [5, 5.41) is 14.5. The van der Waals surface area contributed by atoms with Gasteiger partial charge in [0.2, 0.25) is 0 Å². The van der Waals surface area contributed by atoms with Crippen LogP contribution < -0.4 is 15.0 Å². The number of anilines is 1. The Bertz CT molecular complexity index is 788. The summed E-state index contributed by atoms with van der Waals surface area (Å²) in [4.78, 5) is 14.0. The summed E-state index contributed by atoms with van der Waals surface area (Å²) in [7, 11) is 1.67. The molecule has 142 valence electrons. The Morgan fingerprint density at radius 2 is 1.81 bits per heavy atom. The fraction of sp³-hybridized carbons (Fsp3) is 0.316. The van der Waals surface area contributed by atoms with Gasteiger partial charge < -0.3 is 19.9 Å². The highest BCUT2D eigenvalue weighted by Gasteiger charge is 2.22. The standard InChI is InChI=1S/C19H22N4O3S/c1-26-18-8-2-15(3-9-18)14-21-10-12-22(13-11-21)19(27)20-16-4-6-17(7-5-16)23(24)25/h2-9H,10-14H2,1H3,(H,20,27)/p+1. The van der Waals surface area contributed by atoms with E-state index in [0.29, 0.717) is 5.11 Å². The number of quaternary nitrogens is 1. The molecule has 0 atom stereocenters. The minimum Gasteiger partial charge on any atom is -0.497 e. The monoisotopic (exact) mass is 387 g/mol. The summed E-state index contributed by atoms with van der Waals surface area (Å²) in [6, 6.07) is 14.5. The van der Waals surface area contributed by atoms with Gasteiger partial charge in [-0.25, -0.2) is 0 Å². The minimum atomic E-state index is -0.410. The maximum Gasteiger partial charge on any atom is 0.269 e. The first-order chi connectivity index (χ1) is 13.0. The van der Waals surface area contributed by atoms with Crippen molar-refractivity contribution in [1.29, 1.82) is 0 Å². The fourth-order valence-corrected chi connectivity index (χ4v) is 3.40.